The third-order valence-corrected chi connectivity index (χ3v) is 3.40. The Morgan fingerprint density at radius 3 is 2.38 bits per heavy atom. The van der Waals surface area contributed by atoms with Crippen LogP contribution in [0.25, 0.3) is 0 Å². The van der Waals surface area contributed by atoms with E-state index >= 15 is 0 Å². The molecule has 0 saturated heterocycles. The van der Waals surface area contributed by atoms with Crippen molar-refractivity contribution in [2.24, 2.45) is 5.92 Å². The van der Waals surface area contributed by atoms with Crippen LogP contribution in [0.15, 0.2) is 42.7 Å². The van der Waals surface area contributed by atoms with Crippen LogP contribution in [0.2, 0.25) is 0 Å². The van der Waals surface area contributed by atoms with Crippen molar-refractivity contribution in [2.45, 2.75) is 26.8 Å². The van der Waals surface area contributed by atoms with Gasteiger partial charge in [-0.1, -0.05) is 26.0 Å². The highest BCUT2D eigenvalue weighted by Gasteiger charge is 2.12. The van der Waals surface area contributed by atoms with Gasteiger partial charge in [0.2, 0.25) is 0 Å². The molecular formula is C18H22N4O2. The molecule has 0 spiro atoms. The van der Waals surface area contributed by atoms with E-state index < -0.39 is 0 Å². The molecule has 2 aromatic heterocycles. The van der Waals surface area contributed by atoms with Crippen LogP contribution in [0.4, 0.5) is 0 Å². The molecule has 2 aromatic rings. The quantitative estimate of drug-likeness (QED) is 0.817. The lowest BCUT2D eigenvalue weighted by atomic mass is 10.1. The average molecular weight is 326 g/mol. The molecule has 0 saturated carbocycles. The zero-order valence-corrected chi connectivity index (χ0v) is 14.0. The summed E-state index contributed by atoms with van der Waals surface area (Å²) >= 11 is 0. The molecule has 2 amide bonds. The van der Waals surface area contributed by atoms with Gasteiger partial charge in [-0.3, -0.25) is 14.6 Å². The first-order chi connectivity index (χ1) is 11.6. The van der Waals surface area contributed by atoms with Crippen LogP contribution < -0.4 is 10.6 Å². The van der Waals surface area contributed by atoms with Gasteiger partial charge in [-0.25, -0.2) is 4.98 Å². The summed E-state index contributed by atoms with van der Waals surface area (Å²) in [7, 11) is 0. The fraction of sp³-hybridized carbons (Fsp3) is 0.333. The summed E-state index contributed by atoms with van der Waals surface area (Å²) in [5.74, 6) is -0.0731. The van der Waals surface area contributed by atoms with Crippen molar-refractivity contribution in [1.82, 2.24) is 20.6 Å². The number of amides is 2. The standard InChI is InChI=1S/C18H22N4O2/c1-13(2)8-10-20-17(23)15-6-3-7-16(22-15)18(24)21-12-14-5-4-9-19-11-14/h3-7,9,11,13H,8,10,12H2,1-2H3,(H,20,23)(H,21,24). The van der Waals surface area contributed by atoms with Gasteiger partial charge < -0.3 is 10.6 Å². The number of hydrogen-bond donors (Lipinski definition) is 2. The van der Waals surface area contributed by atoms with Gasteiger partial charge in [0.05, 0.1) is 0 Å². The predicted molar refractivity (Wildman–Crippen MR) is 91.4 cm³/mol. The van der Waals surface area contributed by atoms with Gasteiger partial charge in [0.25, 0.3) is 11.8 Å². The number of carbonyl (C=O) groups is 2. The fourth-order valence-electron chi connectivity index (χ4n) is 2.03. The highest BCUT2D eigenvalue weighted by Crippen LogP contribution is 2.02. The Morgan fingerprint density at radius 1 is 1.04 bits per heavy atom. The maximum Gasteiger partial charge on any atom is 0.270 e. The second-order valence-electron chi connectivity index (χ2n) is 5.89. The molecule has 0 atom stereocenters. The molecule has 0 aromatic carbocycles. The molecule has 0 fully saturated rings. The lowest BCUT2D eigenvalue weighted by Gasteiger charge is -2.08. The molecule has 0 aliphatic rings. The predicted octanol–water partition coefficient (Wildman–Crippen LogP) is 2.18. The van der Waals surface area contributed by atoms with E-state index in [0.717, 1.165) is 12.0 Å². The largest absolute Gasteiger partial charge is 0.351 e. The van der Waals surface area contributed by atoms with Crippen molar-refractivity contribution in [3.8, 4) is 0 Å². The van der Waals surface area contributed by atoms with Crippen LogP contribution in [-0.2, 0) is 6.54 Å². The van der Waals surface area contributed by atoms with E-state index in [1.807, 2.05) is 12.1 Å². The Bertz CT molecular complexity index is 686. The van der Waals surface area contributed by atoms with E-state index in [0.29, 0.717) is 19.0 Å². The van der Waals surface area contributed by atoms with Crippen LogP contribution in [0.1, 0.15) is 46.8 Å². The molecule has 6 nitrogen and oxygen atoms in total. The molecule has 0 aliphatic heterocycles. The Kier molecular flexibility index (Phi) is 6.42. The Balaban J connectivity index is 1.93. The molecular weight excluding hydrogens is 304 g/mol. The highest BCUT2D eigenvalue weighted by atomic mass is 16.2. The molecule has 6 heteroatoms. The molecule has 2 rings (SSSR count). The molecule has 0 radical (unpaired) electrons. The number of nitrogens with one attached hydrogen (secondary N) is 2. The van der Waals surface area contributed by atoms with Crippen LogP contribution in [0, 0.1) is 5.92 Å². The first kappa shape index (κ1) is 17.6. The van der Waals surface area contributed by atoms with Crippen molar-refractivity contribution in [2.75, 3.05) is 6.54 Å². The Labute approximate surface area is 141 Å². The Hall–Kier alpha value is -2.76. The number of carbonyl (C=O) groups excluding carboxylic acids is 2. The van der Waals surface area contributed by atoms with Crippen LogP contribution in [0.5, 0.6) is 0 Å². The number of hydrogen-bond acceptors (Lipinski definition) is 4. The van der Waals surface area contributed by atoms with E-state index in [9.17, 15) is 9.59 Å². The lowest BCUT2D eigenvalue weighted by Crippen LogP contribution is -2.28. The summed E-state index contributed by atoms with van der Waals surface area (Å²) in [6.45, 7) is 5.14. The van der Waals surface area contributed by atoms with Crippen LogP contribution in [0.3, 0.4) is 0 Å². The van der Waals surface area contributed by atoms with E-state index in [2.05, 4.69) is 34.4 Å². The fourth-order valence-corrected chi connectivity index (χ4v) is 2.03. The summed E-state index contributed by atoms with van der Waals surface area (Å²) in [6, 6.07) is 8.52. The van der Waals surface area contributed by atoms with Crippen LogP contribution in [-0.4, -0.2) is 28.3 Å². The second kappa shape index (κ2) is 8.76. The SMILES string of the molecule is CC(C)CCNC(=O)c1cccc(C(=O)NCc2cccnc2)n1. The number of aromatic nitrogens is 2. The number of nitrogens with zero attached hydrogens (tertiary/aromatic N) is 2. The van der Waals surface area contributed by atoms with Crippen molar-refractivity contribution in [3.05, 3.63) is 59.7 Å². The monoisotopic (exact) mass is 326 g/mol. The van der Waals surface area contributed by atoms with Gasteiger partial charge in [-0.15, -0.1) is 0 Å². The molecule has 0 unspecified atom stereocenters. The zero-order valence-electron chi connectivity index (χ0n) is 14.0. The van der Waals surface area contributed by atoms with Crippen molar-refractivity contribution in [3.63, 3.8) is 0 Å². The average Bonchev–Trinajstić information content (AvgIpc) is 2.60. The molecule has 0 aliphatic carbocycles. The Morgan fingerprint density at radius 2 is 1.75 bits per heavy atom. The number of pyridine rings is 2. The minimum atomic E-state index is -0.323. The van der Waals surface area contributed by atoms with Crippen molar-refractivity contribution >= 4 is 11.8 Å². The molecule has 2 N–H and O–H groups in total. The smallest absolute Gasteiger partial charge is 0.270 e. The third kappa shape index (κ3) is 5.46. The summed E-state index contributed by atoms with van der Waals surface area (Å²) in [5.41, 5.74) is 1.36. The van der Waals surface area contributed by atoms with Crippen LogP contribution >= 0.6 is 0 Å². The van der Waals surface area contributed by atoms with Gasteiger partial charge in [0.15, 0.2) is 0 Å². The summed E-state index contributed by atoms with van der Waals surface area (Å²) in [4.78, 5) is 32.4. The normalized spacial score (nSPS) is 10.5. The molecule has 0 bridgehead atoms. The highest BCUT2D eigenvalue weighted by molar-refractivity contribution is 5.96. The lowest BCUT2D eigenvalue weighted by molar-refractivity contribution is 0.0942. The number of rotatable bonds is 7. The van der Waals surface area contributed by atoms with Gasteiger partial charge >= 0.3 is 0 Å². The summed E-state index contributed by atoms with van der Waals surface area (Å²) in [6.07, 6.45) is 4.26. The summed E-state index contributed by atoms with van der Waals surface area (Å²) in [5, 5.41) is 5.58. The second-order valence-corrected chi connectivity index (χ2v) is 5.89. The first-order valence-electron chi connectivity index (χ1n) is 7.98. The van der Waals surface area contributed by atoms with Gasteiger partial charge in [0.1, 0.15) is 11.4 Å². The van der Waals surface area contributed by atoms with Gasteiger partial charge in [-0.05, 0) is 36.1 Å². The maximum absolute atomic E-state index is 12.2. The van der Waals surface area contributed by atoms with E-state index in [-0.39, 0.29) is 23.2 Å². The maximum atomic E-state index is 12.2. The third-order valence-electron chi connectivity index (χ3n) is 3.40. The van der Waals surface area contributed by atoms with Gasteiger partial charge in [0, 0.05) is 25.5 Å². The van der Waals surface area contributed by atoms with Gasteiger partial charge in [-0.2, -0.15) is 0 Å². The van der Waals surface area contributed by atoms with E-state index in [1.54, 1.807) is 30.6 Å². The van der Waals surface area contributed by atoms with E-state index in [1.165, 1.54) is 0 Å². The minimum Gasteiger partial charge on any atom is -0.351 e. The first-order valence-corrected chi connectivity index (χ1v) is 7.98. The molecule has 126 valence electrons. The van der Waals surface area contributed by atoms with Crippen molar-refractivity contribution in [1.29, 1.82) is 0 Å². The summed E-state index contributed by atoms with van der Waals surface area (Å²) < 4.78 is 0. The van der Waals surface area contributed by atoms with Crippen molar-refractivity contribution < 1.29 is 9.59 Å². The zero-order chi connectivity index (χ0) is 17.4. The molecule has 2 heterocycles. The minimum absolute atomic E-state index is 0.218. The topological polar surface area (TPSA) is 84.0 Å². The molecule has 24 heavy (non-hydrogen) atoms. The van der Waals surface area contributed by atoms with E-state index in [4.69, 9.17) is 0 Å².